The van der Waals surface area contributed by atoms with E-state index in [4.69, 9.17) is 5.73 Å². The van der Waals surface area contributed by atoms with E-state index in [0.29, 0.717) is 5.82 Å². The van der Waals surface area contributed by atoms with E-state index in [1.165, 1.54) is 0 Å². The van der Waals surface area contributed by atoms with Crippen molar-refractivity contribution in [3.8, 4) is 0 Å². The Bertz CT molecular complexity index is 377. The first-order valence-electron chi connectivity index (χ1n) is 3.43. The molecule has 0 fully saturated rings. The molecular weight excluding hydrogens is 136 g/mol. The summed E-state index contributed by atoms with van der Waals surface area (Å²) in [5, 5.41) is 1.99. The van der Waals surface area contributed by atoms with Crippen LogP contribution in [0.4, 0.5) is 5.82 Å². The van der Waals surface area contributed by atoms with Crippen LogP contribution in [0.25, 0.3) is 10.8 Å². The number of aromatic nitrogens is 1. The third-order valence-corrected chi connectivity index (χ3v) is 1.67. The molecule has 11 heavy (non-hydrogen) atoms. The van der Waals surface area contributed by atoms with Gasteiger partial charge in [-0.15, -0.1) is 0 Å². The molecule has 0 aliphatic heterocycles. The van der Waals surface area contributed by atoms with Crippen LogP contribution in [0.1, 0.15) is 0 Å². The van der Waals surface area contributed by atoms with E-state index in [9.17, 15) is 0 Å². The molecule has 1 aromatic heterocycles. The maximum absolute atomic E-state index is 7.45. The van der Waals surface area contributed by atoms with Gasteiger partial charge in [0.15, 0.2) is 5.82 Å². The second-order valence-corrected chi connectivity index (χ2v) is 2.38. The summed E-state index contributed by atoms with van der Waals surface area (Å²) in [4.78, 5) is 3.87. The van der Waals surface area contributed by atoms with E-state index >= 15 is 0 Å². The van der Waals surface area contributed by atoms with Crippen molar-refractivity contribution in [1.82, 2.24) is 10.7 Å². The Kier molecular flexibility index (Phi) is 1.25. The molecule has 0 bridgehead atoms. The van der Waals surface area contributed by atoms with Crippen molar-refractivity contribution in [3.05, 3.63) is 36.5 Å². The minimum Gasteiger partial charge on any atom is -0.282 e. The Labute approximate surface area is 64.7 Å². The summed E-state index contributed by atoms with van der Waals surface area (Å²) in [7, 11) is 0. The highest BCUT2D eigenvalue weighted by Crippen LogP contribution is 2.17. The fourth-order valence-corrected chi connectivity index (χ4v) is 1.12. The second-order valence-electron chi connectivity index (χ2n) is 2.38. The van der Waals surface area contributed by atoms with Crippen LogP contribution in [0.5, 0.6) is 0 Å². The maximum Gasteiger partial charge on any atom is 0.152 e. The largest absolute Gasteiger partial charge is 0.282 e. The summed E-state index contributed by atoms with van der Waals surface area (Å²) >= 11 is 0. The topological polar surface area (TPSA) is 36.7 Å². The molecule has 0 saturated heterocycles. The van der Waals surface area contributed by atoms with Gasteiger partial charge in [0.25, 0.3) is 0 Å². The number of fused-ring (bicyclic) bond motifs is 1. The van der Waals surface area contributed by atoms with Gasteiger partial charge in [-0.05, 0) is 11.5 Å². The fourth-order valence-electron chi connectivity index (χ4n) is 1.12. The lowest BCUT2D eigenvalue weighted by molar-refractivity contribution is 1.28. The van der Waals surface area contributed by atoms with Crippen molar-refractivity contribution in [2.45, 2.75) is 0 Å². The van der Waals surface area contributed by atoms with Crippen molar-refractivity contribution in [2.75, 3.05) is 0 Å². The number of benzene rings is 1. The minimum atomic E-state index is 0.350. The van der Waals surface area contributed by atoms with E-state index in [1.54, 1.807) is 6.20 Å². The third kappa shape index (κ3) is 0.923. The summed E-state index contributed by atoms with van der Waals surface area (Å²) in [5.74, 6) is 0.350. The summed E-state index contributed by atoms with van der Waals surface area (Å²) in [6, 6.07) is 9.68. The fraction of sp³-hybridized carbons (Fsp3) is 0. The maximum atomic E-state index is 7.45. The van der Waals surface area contributed by atoms with Gasteiger partial charge in [0.1, 0.15) is 0 Å². The van der Waals surface area contributed by atoms with E-state index in [0.717, 1.165) is 10.8 Å². The van der Waals surface area contributed by atoms with Crippen LogP contribution in [0.15, 0.2) is 36.5 Å². The molecule has 1 heterocycles. The van der Waals surface area contributed by atoms with Gasteiger partial charge in [-0.3, -0.25) is 5.73 Å². The standard InChI is InChI=1S/C9H7N2/c10-9-8-4-2-1-3-7(8)5-6-11-9/h1-6,10H. The average Bonchev–Trinajstić information content (AvgIpc) is 2.06. The van der Waals surface area contributed by atoms with Crippen LogP contribution in [-0.4, -0.2) is 4.98 Å². The number of pyridine rings is 1. The van der Waals surface area contributed by atoms with Gasteiger partial charge in [-0.2, -0.15) is 0 Å². The van der Waals surface area contributed by atoms with Crippen LogP contribution in [-0.2, 0) is 0 Å². The third-order valence-electron chi connectivity index (χ3n) is 1.67. The lowest BCUT2D eigenvalue weighted by Crippen LogP contribution is -1.78. The Morgan fingerprint density at radius 1 is 1.09 bits per heavy atom. The Balaban J connectivity index is 2.91. The highest BCUT2D eigenvalue weighted by atomic mass is 14.8. The predicted octanol–water partition coefficient (Wildman–Crippen LogP) is 2.15. The van der Waals surface area contributed by atoms with Crippen LogP contribution >= 0.6 is 0 Å². The summed E-state index contributed by atoms with van der Waals surface area (Å²) in [6.07, 6.45) is 1.66. The van der Waals surface area contributed by atoms with E-state index in [1.807, 2.05) is 30.3 Å². The van der Waals surface area contributed by atoms with Crippen LogP contribution in [0.3, 0.4) is 0 Å². The number of nitrogens with one attached hydrogen (secondary N) is 1. The molecule has 53 valence electrons. The number of rotatable bonds is 0. The summed E-state index contributed by atoms with van der Waals surface area (Å²) in [6.45, 7) is 0. The number of hydrogen-bond donors (Lipinski definition) is 0. The predicted molar refractivity (Wildman–Crippen MR) is 44.5 cm³/mol. The molecule has 1 N–H and O–H groups in total. The molecule has 2 heteroatoms. The van der Waals surface area contributed by atoms with Gasteiger partial charge in [-0.25, -0.2) is 4.98 Å². The van der Waals surface area contributed by atoms with Gasteiger partial charge in [0.2, 0.25) is 0 Å². The van der Waals surface area contributed by atoms with Crippen LogP contribution in [0, 0.1) is 0 Å². The lowest BCUT2D eigenvalue weighted by Gasteiger charge is -1.96. The zero-order valence-electron chi connectivity index (χ0n) is 5.91. The molecule has 1 aromatic carbocycles. The Morgan fingerprint density at radius 2 is 1.91 bits per heavy atom. The van der Waals surface area contributed by atoms with E-state index in [2.05, 4.69) is 4.98 Å². The van der Waals surface area contributed by atoms with Gasteiger partial charge >= 0.3 is 0 Å². The molecule has 2 rings (SSSR count). The highest BCUT2D eigenvalue weighted by Gasteiger charge is 1.94. The first kappa shape index (κ1) is 6.16. The van der Waals surface area contributed by atoms with Crippen molar-refractivity contribution in [1.29, 1.82) is 0 Å². The Morgan fingerprint density at radius 3 is 2.73 bits per heavy atom. The van der Waals surface area contributed by atoms with Crippen molar-refractivity contribution in [3.63, 3.8) is 0 Å². The molecule has 0 unspecified atom stereocenters. The highest BCUT2D eigenvalue weighted by molar-refractivity contribution is 5.89. The van der Waals surface area contributed by atoms with E-state index < -0.39 is 0 Å². The second kappa shape index (κ2) is 2.23. The molecule has 2 aromatic rings. The zero-order valence-corrected chi connectivity index (χ0v) is 5.91. The molecule has 0 aliphatic rings. The normalized spacial score (nSPS) is 10.2. The van der Waals surface area contributed by atoms with Gasteiger partial charge in [0, 0.05) is 11.6 Å². The molecule has 2 nitrogen and oxygen atoms in total. The van der Waals surface area contributed by atoms with Gasteiger partial charge in [0.05, 0.1) is 0 Å². The molecule has 0 atom stereocenters. The van der Waals surface area contributed by atoms with Crippen molar-refractivity contribution < 1.29 is 0 Å². The van der Waals surface area contributed by atoms with Crippen molar-refractivity contribution in [2.24, 2.45) is 0 Å². The smallest absolute Gasteiger partial charge is 0.152 e. The minimum absolute atomic E-state index is 0.350. The summed E-state index contributed by atoms with van der Waals surface area (Å²) in [5.41, 5.74) is 7.45. The Hall–Kier alpha value is -1.57. The quantitative estimate of drug-likeness (QED) is 0.556. The van der Waals surface area contributed by atoms with Crippen molar-refractivity contribution >= 4 is 16.6 Å². The molecule has 0 aliphatic carbocycles. The zero-order chi connectivity index (χ0) is 7.68. The molecule has 0 spiro atoms. The molecule has 1 radical (unpaired) electrons. The molecule has 0 amide bonds. The first-order valence-corrected chi connectivity index (χ1v) is 3.43. The van der Waals surface area contributed by atoms with Crippen LogP contribution in [0.2, 0.25) is 0 Å². The van der Waals surface area contributed by atoms with Gasteiger partial charge in [-0.1, -0.05) is 24.3 Å². The molecule has 0 saturated carbocycles. The number of hydrogen-bond acceptors (Lipinski definition) is 1. The SMILES string of the molecule is [NH]c1nccc2ccccc12. The summed E-state index contributed by atoms with van der Waals surface area (Å²) < 4.78 is 0. The van der Waals surface area contributed by atoms with E-state index in [-0.39, 0.29) is 0 Å². The molecular formula is C9H7N2. The monoisotopic (exact) mass is 143 g/mol. The average molecular weight is 143 g/mol. The van der Waals surface area contributed by atoms with Gasteiger partial charge < -0.3 is 0 Å². The van der Waals surface area contributed by atoms with Crippen LogP contribution < -0.4 is 5.73 Å². The first-order chi connectivity index (χ1) is 5.38. The lowest BCUT2D eigenvalue weighted by atomic mass is 10.2. The number of nitrogens with zero attached hydrogens (tertiary/aromatic N) is 1.